The highest BCUT2D eigenvalue weighted by atomic mass is 19.1. The smallest absolute Gasteiger partial charge is 0.133 e. The van der Waals surface area contributed by atoms with Crippen LogP contribution in [-0.4, -0.2) is 31.1 Å². The van der Waals surface area contributed by atoms with Crippen LogP contribution in [0.4, 0.5) is 13.2 Å². The minimum Gasteiger partial charge on any atom is -0.314 e. The lowest BCUT2D eigenvalue weighted by Gasteiger charge is -2.38. The Bertz CT molecular complexity index is 435. The van der Waals surface area contributed by atoms with Gasteiger partial charge in [0.15, 0.2) is 0 Å². The summed E-state index contributed by atoms with van der Waals surface area (Å²) in [6.07, 6.45) is 0.810. The first kappa shape index (κ1) is 15.3. The fourth-order valence-corrected chi connectivity index (χ4v) is 2.85. The molecule has 1 aliphatic rings. The van der Waals surface area contributed by atoms with E-state index in [1.165, 1.54) is 0 Å². The van der Waals surface area contributed by atoms with Gasteiger partial charge in [-0.3, -0.25) is 4.90 Å². The summed E-state index contributed by atoms with van der Waals surface area (Å²) in [5.74, 6) is -2.34. The summed E-state index contributed by atoms with van der Waals surface area (Å²) in [4.78, 5) is 2.09. The monoisotopic (exact) mass is 286 g/mol. The van der Waals surface area contributed by atoms with Crippen molar-refractivity contribution >= 4 is 0 Å². The number of nitrogens with zero attached hydrogens (tertiary/aromatic N) is 1. The van der Waals surface area contributed by atoms with Gasteiger partial charge in [-0.1, -0.05) is 20.3 Å². The van der Waals surface area contributed by atoms with E-state index in [0.29, 0.717) is 0 Å². The van der Waals surface area contributed by atoms with Gasteiger partial charge in [-0.15, -0.1) is 0 Å². The molecule has 1 aliphatic heterocycles. The summed E-state index contributed by atoms with van der Waals surface area (Å²) in [7, 11) is 0. The second-order valence-electron chi connectivity index (χ2n) is 5.40. The van der Waals surface area contributed by atoms with Crippen LogP contribution in [0.1, 0.15) is 31.9 Å². The molecule has 0 amide bonds. The molecule has 1 aromatic carbocycles. The van der Waals surface area contributed by atoms with Gasteiger partial charge >= 0.3 is 0 Å². The van der Waals surface area contributed by atoms with Crippen molar-refractivity contribution < 1.29 is 13.2 Å². The number of piperazine rings is 1. The van der Waals surface area contributed by atoms with Crippen molar-refractivity contribution in [3.05, 3.63) is 35.1 Å². The van der Waals surface area contributed by atoms with Gasteiger partial charge in [0.2, 0.25) is 0 Å². The van der Waals surface area contributed by atoms with Gasteiger partial charge in [-0.05, 0) is 5.92 Å². The topological polar surface area (TPSA) is 15.3 Å². The number of hydrogen-bond donors (Lipinski definition) is 1. The van der Waals surface area contributed by atoms with E-state index >= 15 is 0 Å². The van der Waals surface area contributed by atoms with Gasteiger partial charge in [0.25, 0.3) is 0 Å². The van der Waals surface area contributed by atoms with Crippen LogP contribution < -0.4 is 5.32 Å². The Balaban J connectivity index is 2.40. The SMILES string of the molecule is CCC(C)[C@H](c1c(F)cc(F)cc1F)N1CCNCC1. The van der Waals surface area contributed by atoms with Crippen LogP contribution in [0.3, 0.4) is 0 Å². The molecule has 1 unspecified atom stereocenters. The average Bonchev–Trinajstić information content (AvgIpc) is 2.42. The minimum absolute atomic E-state index is 0.00245. The zero-order chi connectivity index (χ0) is 14.7. The third kappa shape index (κ3) is 3.15. The number of rotatable bonds is 4. The van der Waals surface area contributed by atoms with Gasteiger partial charge in [-0.2, -0.15) is 0 Å². The van der Waals surface area contributed by atoms with E-state index in [0.717, 1.165) is 44.7 Å². The van der Waals surface area contributed by atoms with E-state index < -0.39 is 17.5 Å². The quantitative estimate of drug-likeness (QED) is 0.915. The standard InChI is InChI=1S/C15H21F3N2/c1-3-10(2)15(20-6-4-19-5-7-20)14-12(17)8-11(16)9-13(14)18/h8-10,15,19H,3-7H2,1-2H3/t10?,15-/m1/s1. The molecule has 1 saturated heterocycles. The first-order valence-corrected chi connectivity index (χ1v) is 7.13. The molecule has 0 bridgehead atoms. The molecule has 1 heterocycles. The second-order valence-corrected chi connectivity index (χ2v) is 5.40. The van der Waals surface area contributed by atoms with E-state index in [1.54, 1.807) is 0 Å². The Morgan fingerprint density at radius 3 is 2.20 bits per heavy atom. The first-order valence-electron chi connectivity index (χ1n) is 7.13. The molecule has 2 atom stereocenters. The summed E-state index contributed by atoms with van der Waals surface area (Å²) >= 11 is 0. The van der Waals surface area contributed by atoms with Gasteiger partial charge in [0.05, 0.1) is 0 Å². The maximum Gasteiger partial charge on any atom is 0.133 e. The molecule has 0 aliphatic carbocycles. The highest BCUT2D eigenvalue weighted by Gasteiger charge is 2.31. The third-order valence-electron chi connectivity index (χ3n) is 4.07. The van der Waals surface area contributed by atoms with E-state index in [1.807, 2.05) is 13.8 Å². The summed E-state index contributed by atoms with van der Waals surface area (Å²) in [6.45, 7) is 7.07. The number of nitrogens with one attached hydrogen (secondary N) is 1. The molecule has 5 heteroatoms. The summed E-state index contributed by atoms with van der Waals surface area (Å²) in [5, 5.41) is 3.23. The largest absolute Gasteiger partial charge is 0.314 e. The third-order valence-corrected chi connectivity index (χ3v) is 4.07. The van der Waals surface area contributed by atoms with E-state index in [9.17, 15) is 13.2 Å². The van der Waals surface area contributed by atoms with Crippen molar-refractivity contribution in [1.82, 2.24) is 10.2 Å². The maximum absolute atomic E-state index is 14.1. The van der Waals surface area contributed by atoms with Gasteiger partial charge < -0.3 is 5.32 Å². The summed E-state index contributed by atoms with van der Waals surface area (Å²) in [5.41, 5.74) is 0.00245. The molecule has 112 valence electrons. The lowest BCUT2D eigenvalue weighted by molar-refractivity contribution is 0.122. The van der Waals surface area contributed by atoms with Gasteiger partial charge in [-0.25, -0.2) is 13.2 Å². The lowest BCUT2D eigenvalue weighted by Crippen LogP contribution is -2.47. The molecule has 0 saturated carbocycles. The Morgan fingerprint density at radius 1 is 1.15 bits per heavy atom. The molecule has 0 spiro atoms. The van der Waals surface area contributed by atoms with E-state index in [2.05, 4.69) is 10.2 Å². The lowest BCUT2D eigenvalue weighted by atomic mass is 9.89. The fourth-order valence-electron chi connectivity index (χ4n) is 2.85. The molecule has 1 N–H and O–H groups in total. The zero-order valence-electron chi connectivity index (χ0n) is 11.9. The van der Waals surface area contributed by atoms with Gasteiger partial charge in [0.1, 0.15) is 17.5 Å². The zero-order valence-corrected chi connectivity index (χ0v) is 11.9. The van der Waals surface area contributed by atoms with Crippen molar-refractivity contribution in [3.8, 4) is 0 Å². The maximum atomic E-state index is 14.1. The van der Waals surface area contributed by atoms with Crippen molar-refractivity contribution in [2.45, 2.75) is 26.3 Å². The van der Waals surface area contributed by atoms with Crippen LogP contribution >= 0.6 is 0 Å². The Kier molecular flexibility index (Phi) is 5.05. The average molecular weight is 286 g/mol. The molecule has 0 aromatic heterocycles. The van der Waals surface area contributed by atoms with Crippen LogP contribution in [0, 0.1) is 23.4 Å². The highest BCUT2D eigenvalue weighted by molar-refractivity contribution is 5.25. The Morgan fingerprint density at radius 2 is 1.70 bits per heavy atom. The van der Waals surface area contributed by atoms with Crippen LogP contribution in [0.25, 0.3) is 0 Å². The van der Waals surface area contributed by atoms with Crippen LogP contribution in [-0.2, 0) is 0 Å². The molecule has 2 rings (SSSR count). The second kappa shape index (κ2) is 6.59. The molecule has 0 radical (unpaired) electrons. The Hall–Kier alpha value is -1.07. The fraction of sp³-hybridized carbons (Fsp3) is 0.600. The van der Waals surface area contributed by atoms with Crippen molar-refractivity contribution in [2.75, 3.05) is 26.2 Å². The number of benzene rings is 1. The first-order chi connectivity index (χ1) is 9.54. The highest BCUT2D eigenvalue weighted by Crippen LogP contribution is 2.34. The molecule has 1 fully saturated rings. The molecule has 1 aromatic rings. The minimum atomic E-state index is -0.869. The van der Waals surface area contributed by atoms with Crippen LogP contribution in [0.5, 0.6) is 0 Å². The van der Waals surface area contributed by atoms with Crippen molar-refractivity contribution in [1.29, 1.82) is 0 Å². The molecule has 20 heavy (non-hydrogen) atoms. The predicted octanol–water partition coefficient (Wildman–Crippen LogP) is 3.10. The van der Waals surface area contributed by atoms with E-state index in [-0.39, 0.29) is 17.5 Å². The Labute approximate surface area is 118 Å². The molecular formula is C15H21F3N2. The molecular weight excluding hydrogens is 265 g/mol. The van der Waals surface area contributed by atoms with Crippen molar-refractivity contribution in [2.24, 2.45) is 5.92 Å². The van der Waals surface area contributed by atoms with Crippen molar-refractivity contribution in [3.63, 3.8) is 0 Å². The normalized spacial score (nSPS) is 19.9. The number of hydrogen-bond acceptors (Lipinski definition) is 2. The summed E-state index contributed by atoms with van der Waals surface area (Å²) < 4.78 is 41.3. The number of halogens is 3. The van der Waals surface area contributed by atoms with Crippen LogP contribution in [0.15, 0.2) is 12.1 Å². The predicted molar refractivity (Wildman–Crippen MR) is 73.0 cm³/mol. The van der Waals surface area contributed by atoms with E-state index in [4.69, 9.17) is 0 Å². The molecule has 2 nitrogen and oxygen atoms in total. The summed E-state index contributed by atoms with van der Waals surface area (Å²) in [6, 6.07) is 1.20. The van der Waals surface area contributed by atoms with Gasteiger partial charge in [0, 0.05) is 49.9 Å². The van der Waals surface area contributed by atoms with Crippen LogP contribution in [0.2, 0.25) is 0 Å².